The van der Waals surface area contributed by atoms with Crippen molar-refractivity contribution in [3.63, 3.8) is 0 Å². The first-order valence-corrected chi connectivity index (χ1v) is 20.9. The molecule has 0 amide bonds. The maximum absolute atomic E-state index is 6.26. The molecule has 8 rings (SSSR count). The Morgan fingerprint density at radius 3 is 1.64 bits per heavy atom. The summed E-state index contributed by atoms with van der Waals surface area (Å²) in [5.74, 6) is 8.48. The molecule has 4 aromatic rings. The van der Waals surface area contributed by atoms with E-state index in [1.165, 1.54) is 81.8 Å². The van der Waals surface area contributed by atoms with Gasteiger partial charge in [-0.2, -0.15) is 0 Å². The number of fused-ring (bicyclic) bond motifs is 5. The number of ether oxygens (including phenoxy) is 2. The van der Waals surface area contributed by atoms with Gasteiger partial charge in [0.2, 0.25) is 0 Å². The van der Waals surface area contributed by atoms with Crippen LogP contribution >= 0.6 is 0 Å². The minimum absolute atomic E-state index is 0.0627. The second-order valence-corrected chi connectivity index (χ2v) is 18.2. The number of unbranched alkanes of at least 4 members (excludes halogenated alkanes) is 1. The average Bonchev–Trinajstić information content (AvgIpc) is 3.53. The van der Waals surface area contributed by atoms with Crippen LogP contribution in [0.4, 0.5) is 11.4 Å². The fourth-order valence-corrected chi connectivity index (χ4v) is 12.7. The highest BCUT2D eigenvalue weighted by atomic mass is 16.5. The van der Waals surface area contributed by atoms with Crippen LogP contribution in [0.25, 0.3) is 0 Å². The number of benzene rings is 4. The molecule has 4 saturated carbocycles. The van der Waals surface area contributed by atoms with Gasteiger partial charge in [0.1, 0.15) is 23.0 Å². The van der Waals surface area contributed by atoms with Crippen LogP contribution in [0.1, 0.15) is 116 Å². The van der Waals surface area contributed by atoms with Crippen molar-refractivity contribution in [2.75, 3.05) is 11.5 Å². The molecule has 4 nitrogen and oxygen atoms in total. The summed E-state index contributed by atoms with van der Waals surface area (Å²) >= 11 is 0. The van der Waals surface area contributed by atoms with E-state index in [4.69, 9.17) is 20.9 Å². The van der Waals surface area contributed by atoms with Crippen LogP contribution in [0.15, 0.2) is 97.1 Å². The first-order chi connectivity index (χ1) is 25.6. The second kappa shape index (κ2) is 14.4. The summed E-state index contributed by atoms with van der Waals surface area (Å²) in [4.78, 5) is 0. The Kier molecular flexibility index (Phi) is 9.79. The zero-order chi connectivity index (χ0) is 36.8. The molecule has 0 saturated heterocycles. The third kappa shape index (κ3) is 6.63. The summed E-state index contributed by atoms with van der Waals surface area (Å²) < 4.78 is 12.5. The van der Waals surface area contributed by atoms with Crippen LogP contribution in [0.5, 0.6) is 23.0 Å². The Morgan fingerprint density at radius 2 is 1.11 bits per heavy atom. The lowest BCUT2D eigenvalue weighted by Crippen LogP contribution is -2.55. The number of rotatable bonds is 10. The molecule has 0 aliphatic heterocycles. The van der Waals surface area contributed by atoms with E-state index in [-0.39, 0.29) is 5.41 Å². The third-order valence-corrected chi connectivity index (χ3v) is 15.6. The highest BCUT2D eigenvalue weighted by molar-refractivity contribution is 5.48. The predicted molar refractivity (Wildman–Crippen MR) is 219 cm³/mol. The van der Waals surface area contributed by atoms with Gasteiger partial charge in [0.15, 0.2) is 0 Å². The zero-order valence-corrected chi connectivity index (χ0v) is 32.7. The molecule has 280 valence electrons. The predicted octanol–water partition coefficient (Wildman–Crippen LogP) is 13.2. The molecule has 0 bridgehead atoms. The first kappa shape index (κ1) is 36.1. The quantitative estimate of drug-likeness (QED) is 0.161. The van der Waals surface area contributed by atoms with E-state index in [9.17, 15) is 0 Å². The Bertz CT molecular complexity index is 1740. The molecule has 4 aliphatic rings. The van der Waals surface area contributed by atoms with Crippen molar-refractivity contribution in [3.05, 3.63) is 108 Å². The van der Waals surface area contributed by atoms with Gasteiger partial charge in [-0.1, -0.05) is 71.2 Å². The number of nitrogen functional groups attached to an aromatic ring is 2. The highest BCUT2D eigenvalue weighted by Gasteiger charge is 2.62. The van der Waals surface area contributed by atoms with Gasteiger partial charge in [-0.3, -0.25) is 0 Å². The molecule has 0 aromatic heterocycles. The first-order valence-electron chi connectivity index (χ1n) is 20.9. The maximum atomic E-state index is 6.26. The average molecular weight is 711 g/mol. The van der Waals surface area contributed by atoms with Crippen molar-refractivity contribution in [2.24, 2.45) is 46.3 Å². The van der Waals surface area contributed by atoms with Gasteiger partial charge in [-0.25, -0.2) is 0 Å². The van der Waals surface area contributed by atoms with Crippen molar-refractivity contribution < 1.29 is 9.47 Å². The van der Waals surface area contributed by atoms with Gasteiger partial charge in [-0.05, 0) is 188 Å². The van der Waals surface area contributed by atoms with Crippen LogP contribution in [-0.2, 0) is 5.41 Å². The Morgan fingerprint density at radius 1 is 0.604 bits per heavy atom. The van der Waals surface area contributed by atoms with Crippen molar-refractivity contribution in [1.82, 2.24) is 0 Å². The van der Waals surface area contributed by atoms with Crippen LogP contribution in [0.3, 0.4) is 0 Å². The summed E-state index contributed by atoms with van der Waals surface area (Å²) in [7, 11) is 0. The maximum Gasteiger partial charge on any atom is 0.127 e. The van der Waals surface area contributed by atoms with Crippen molar-refractivity contribution in [1.29, 1.82) is 0 Å². The molecule has 0 radical (unpaired) electrons. The monoisotopic (exact) mass is 710 g/mol. The van der Waals surface area contributed by atoms with Gasteiger partial charge in [-0.15, -0.1) is 0 Å². The summed E-state index contributed by atoms with van der Waals surface area (Å²) in [6, 6.07) is 33.3. The molecular formula is C49H62N2O2. The summed E-state index contributed by atoms with van der Waals surface area (Å²) in [5, 5.41) is 0. The SMILES string of the molecule is CCCCC(C)C1CCC2C3CCC4CC(c5ccc(Oc6ccc(N)cc6)cc5)(c5ccc(Oc6ccc(N)cc6)cc5)CCC4(C)C3CCC12C. The lowest BCUT2D eigenvalue weighted by molar-refractivity contribution is -0.122. The largest absolute Gasteiger partial charge is 0.457 e. The van der Waals surface area contributed by atoms with Crippen LogP contribution in [0.2, 0.25) is 0 Å². The normalized spacial score (nSPS) is 30.8. The van der Waals surface area contributed by atoms with E-state index in [1.54, 1.807) is 0 Å². The summed E-state index contributed by atoms with van der Waals surface area (Å²) in [6.45, 7) is 10.4. The smallest absolute Gasteiger partial charge is 0.127 e. The Hall–Kier alpha value is -3.92. The number of hydrogen-bond donors (Lipinski definition) is 2. The lowest BCUT2D eigenvalue weighted by atomic mass is 9.42. The van der Waals surface area contributed by atoms with E-state index in [1.807, 2.05) is 48.5 Å². The molecule has 8 unspecified atom stereocenters. The van der Waals surface area contributed by atoms with Gasteiger partial charge < -0.3 is 20.9 Å². The number of nitrogens with two attached hydrogens (primary N) is 2. The number of anilines is 2. The fourth-order valence-electron chi connectivity index (χ4n) is 12.7. The minimum atomic E-state index is -0.0627. The van der Waals surface area contributed by atoms with Gasteiger partial charge in [0, 0.05) is 16.8 Å². The molecule has 4 fully saturated rings. The second-order valence-electron chi connectivity index (χ2n) is 18.2. The fraction of sp³-hybridized carbons (Fsp3) is 0.510. The Labute approximate surface area is 319 Å². The van der Waals surface area contributed by atoms with Gasteiger partial charge >= 0.3 is 0 Å². The van der Waals surface area contributed by atoms with Gasteiger partial charge in [0.25, 0.3) is 0 Å². The molecule has 8 atom stereocenters. The van der Waals surface area contributed by atoms with E-state index >= 15 is 0 Å². The van der Waals surface area contributed by atoms with Gasteiger partial charge in [0.05, 0.1) is 0 Å². The topological polar surface area (TPSA) is 70.5 Å². The molecule has 4 heteroatoms. The van der Waals surface area contributed by atoms with Crippen LogP contribution in [0, 0.1) is 46.3 Å². The molecular weight excluding hydrogens is 649 g/mol. The standard InChI is InChI=1S/C49H62N2O2/c1-5-6-7-33(2)44-26-27-45-43-25-12-36-32-49(31-30-47(36,3)46(43)28-29-48(44,45)4,34-8-17-39(18-9-34)52-41-21-13-37(50)14-22-41)35-10-19-40(20-11-35)53-42-23-15-38(51)16-24-42/h8-11,13-24,33,36,43-46H,5-7,12,25-32,50-51H2,1-4H3. The van der Waals surface area contributed by atoms with Crippen LogP contribution in [-0.4, -0.2) is 0 Å². The third-order valence-electron chi connectivity index (χ3n) is 15.6. The van der Waals surface area contributed by atoms with E-state index in [0.29, 0.717) is 16.7 Å². The molecule has 0 heterocycles. The molecule has 4 aromatic carbocycles. The summed E-state index contributed by atoms with van der Waals surface area (Å²) in [6.07, 6.45) is 16.4. The summed E-state index contributed by atoms with van der Waals surface area (Å²) in [5.41, 5.74) is 17.0. The lowest BCUT2D eigenvalue weighted by Gasteiger charge is -2.63. The minimum Gasteiger partial charge on any atom is -0.457 e. The Balaban J connectivity index is 1.07. The molecule has 53 heavy (non-hydrogen) atoms. The van der Waals surface area contributed by atoms with Crippen molar-refractivity contribution in [3.8, 4) is 23.0 Å². The van der Waals surface area contributed by atoms with E-state index in [0.717, 1.165) is 70.4 Å². The molecule has 4 N–H and O–H groups in total. The highest BCUT2D eigenvalue weighted by Crippen LogP contribution is 2.70. The van der Waals surface area contributed by atoms with Crippen LogP contribution < -0.4 is 20.9 Å². The zero-order valence-electron chi connectivity index (χ0n) is 32.7. The number of hydrogen-bond acceptors (Lipinski definition) is 4. The molecule has 4 aliphatic carbocycles. The molecule has 0 spiro atoms. The van der Waals surface area contributed by atoms with E-state index < -0.39 is 0 Å². The van der Waals surface area contributed by atoms with Crippen molar-refractivity contribution in [2.45, 2.75) is 110 Å². The van der Waals surface area contributed by atoms with Crippen molar-refractivity contribution >= 4 is 11.4 Å². The van der Waals surface area contributed by atoms with E-state index in [2.05, 4.69) is 76.2 Å².